The molecule has 0 saturated carbocycles. The zero-order valence-electron chi connectivity index (χ0n) is 8.08. The fourth-order valence-corrected chi connectivity index (χ4v) is 1.16. The lowest BCUT2D eigenvalue weighted by Crippen LogP contribution is -2.20. The number of methoxy groups -OCH3 is 1. The number of H-pyrrole nitrogens is 1. The molecule has 0 spiro atoms. The van der Waals surface area contributed by atoms with E-state index in [1.54, 1.807) is 13.3 Å². The minimum atomic E-state index is 0.611. The normalized spacial score (nSPS) is 10.3. The second-order valence-electron chi connectivity index (χ2n) is 2.94. The van der Waals surface area contributed by atoms with E-state index in [4.69, 9.17) is 10.5 Å². The maximum Gasteiger partial charge on any atom is 0.142 e. The van der Waals surface area contributed by atoms with Crippen molar-refractivity contribution in [2.45, 2.75) is 6.42 Å². The van der Waals surface area contributed by atoms with Crippen LogP contribution in [0.4, 0.5) is 11.5 Å². The Kier molecular flexibility index (Phi) is 3.57. The first kappa shape index (κ1) is 9.85. The first-order chi connectivity index (χ1) is 6.25. The molecule has 0 atom stereocenters. The third kappa shape index (κ3) is 2.62. The molecule has 0 bridgehead atoms. The Bertz CT molecular complexity index is 248. The SMILES string of the molecule is COCCCN(C)c1cn[nH]c1N. The summed E-state index contributed by atoms with van der Waals surface area (Å²) in [6.45, 7) is 1.68. The van der Waals surface area contributed by atoms with E-state index < -0.39 is 0 Å². The Morgan fingerprint density at radius 2 is 2.46 bits per heavy atom. The monoisotopic (exact) mass is 184 g/mol. The van der Waals surface area contributed by atoms with Crippen LogP contribution in [0.25, 0.3) is 0 Å². The molecule has 0 aliphatic carbocycles. The number of ether oxygens (including phenoxy) is 1. The van der Waals surface area contributed by atoms with Crippen molar-refractivity contribution in [3.63, 3.8) is 0 Å². The van der Waals surface area contributed by atoms with Crippen molar-refractivity contribution in [1.29, 1.82) is 0 Å². The van der Waals surface area contributed by atoms with Crippen molar-refractivity contribution in [2.24, 2.45) is 0 Å². The van der Waals surface area contributed by atoms with E-state index >= 15 is 0 Å². The van der Waals surface area contributed by atoms with Gasteiger partial charge in [-0.15, -0.1) is 0 Å². The van der Waals surface area contributed by atoms with Gasteiger partial charge < -0.3 is 15.4 Å². The van der Waals surface area contributed by atoms with Crippen LogP contribution in [0, 0.1) is 0 Å². The summed E-state index contributed by atoms with van der Waals surface area (Å²) < 4.78 is 4.96. The van der Waals surface area contributed by atoms with Crippen molar-refractivity contribution in [2.75, 3.05) is 37.9 Å². The number of rotatable bonds is 5. The molecule has 0 aromatic carbocycles. The summed E-state index contributed by atoms with van der Waals surface area (Å²) in [5.74, 6) is 0.611. The summed E-state index contributed by atoms with van der Waals surface area (Å²) in [4.78, 5) is 2.05. The number of nitrogens with zero attached hydrogens (tertiary/aromatic N) is 2. The van der Waals surface area contributed by atoms with Gasteiger partial charge in [-0.1, -0.05) is 0 Å². The number of nitrogens with two attached hydrogens (primary N) is 1. The Hall–Kier alpha value is -1.23. The first-order valence-corrected chi connectivity index (χ1v) is 4.24. The highest BCUT2D eigenvalue weighted by atomic mass is 16.5. The van der Waals surface area contributed by atoms with Gasteiger partial charge in [-0.3, -0.25) is 5.10 Å². The van der Waals surface area contributed by atoms with E-state index in [1.807, 2.05) is 7.05 Å². The van der Waals surface area contributed by atoms with Crippen molar-refractivity contribution >= 4 is 11.5 Å². The third-order valence-electron chi connectivity index (χ3n) is 1.90. The smallest absolute Gasteiger partial charge is 0.142 e. The van der Waals surface area contributed by atoms with Gasteiger partial charge >= 0.3 is 0 Å². The van der Waals surface area contributed by atoms with Crippen LogP contribution in [0.15, 0.2) is 6.20 Å². The average molecular weight is 184 g/mol. The molecule has 0 unspecified atom stereocenters. The van der Waals surface area contributed by atoms with Crippen LogP contribution in [0.2, 0.25) is 0 Å². The summed E-state index contributed by atoms with van der Waals surface area (Å²) in [7, 11) is 3.68. The van der Waals surface area contributed by atoms with Crippen LogP contribution in [-0.2, 0) is 4.74 Å². The number of aromatic amines is 1. The predicted molar refractivity (Wildman–Crippen MR) is 52.8 cm³/mol. The van der Waals surface area contributed by atoms with E-state index in [2.05, 4.69) is 15.1 Å². The van der Waals surface area contributed by atoms with Gasteiger partial charge in [0.05, 0.1) is 11.9 Å². The number of nitrogens with one attached hydrogen (secondary N) is 1. The molecule has 0 aliphatic heterocycles. The average Bonchev–Trinajstić information content (AvgIpc) is 2.52. The van der Waals surface area contributed by atoms with Gasteiger partial charge in [0.25, 0.3) is 0 Å². The Morgan fingerprint density at radius 3 is 3.00 bits per heavy atom. The second kappa shape index (κ2) is 4.71. The second-order valence-corrected chi connectivity index (χ2v) is 2.94. The third-order valence-corrected chi connectivity index (χ3v) is 1.90. The highest BCUT2D eigenvalue weighted by molar-refractivity contribution is 5.61. The molecule has 13 heavy (non-hydrogen) atoms. The molecule has 0 saturated heterocycles. The minimum absolute atomic E-state index is 0.611. The fourth-order valence-electron chi connectivity index (χ4n) is 1.16. The van der Waals surface area contributed by atoms with Gasteiger partial charge in [0.2, 0.25) is 0 Å². The van der Waals surface area contributed by atoms with E-state index in [1.165, 1.54) is 0 Å². The number of hydrogen-bond donors (Lipinski definition) is 2. The fraction of sp³-hybridized carbons (Fsp3) is 0.625. The van der Waals surface area contributed by atoms with E-state index in [9.17, 15) is 0 Å². The van der Waals surface area contributed by atoms with Crippen molar-refractivity contribution in [3.8, 4) is 0 Å². The number of nitrogen functional groups attached to an aromatic ring is 1. The molecular formula is C8H16N4O. The maximum atomic E-state index is 5.65. The lowest BCUT2D eigenvalue weighted by molar-refractivity contribution is 0.196. The molecule has 0 radical (unpaired) electrons. The standard InChI is InChI=1S/C8H16N4O/c1-12(4-3-5-13-2)7-6-10-11-8(7)9/h6H,3-5H2,1-2H3,(H3,9,10,11). The van der Waals surface area contributed by atoms with Crippen molar-refractivity contribution in [1.82, 2.24) is 10.2 Å². The van der Waals surface area contributed by atoms with Gasteiger partial charge in [-0.05, 0) is 6.42 Å². The predicted octanol–water partition coefficient (Wildman–Crippen LogP) is 0.465. The topological polar surface area (TPSA) is 67.2 Å². The highest BCUT2D eigenvalue weighted by Crippen LogP contribution is 2.17. The lowest BCUT2D eigenvalue weighted by Gasteiger charge is -2.17. The van der Waals surface area contributed by atoms with Gasteiger partial charge in [0, 0.05) is 27.3 Å². The molecule has 74 valence electrons. The van der Waals surface area contributed by atoms with E-state index in [0.29, 0.717) is 5.82 Å². The quantitative estimate of drug-likeness (QED) is 0.652. The molecule has 1 aromatic heterocycles. The minimum Gasteiger partial charge on any atom is -0.385 e. The van der Waals surface area contributed by atoms with E-state index in [0.717, 1.165) is 25.3 Å². The van der Waals surface area contributed by atoms with E-state index in [-0.39, 0.29) is 0 Å². The van der Waals surface area contributed by atoms with Crippen molar-refractivity contribution in [3.05, 3.63) is 6.20 Å². The molecule has 1 rings (SSSR count). The molecule has 5 nitrogen and oxygen atoms in total. The molecule has 3 N–H and O–H groups in total. The van der Waals surface area contributed by atoms with Gasteiger partial charge in [0.1, 0.15) is 5.82 Å². The summed E-state index contributed by atoms with van der Waals surface area (Å²) in [6, 6.07) is 0. The molecule has 5 heteroatoms. The summed E-state index contributed by atoms with van der Waals surface area (Å²) in [6.07, 6.45) is 2.71. The van der Waals surface area contributed by atoms with Gasteiger partial charge in [-0.2, -0.15) is 5.10 Å². The van der Waals surface area contributed by atoms with Crippen LogP contribution in [0.1, 0.15) is 6.42 Å². The zero-order chi connectivity index (χ0) is 9.68. The van der Waals surface area contributed by atoms with Gasteiger partial charge in [0.15, 0.2) is 0 Å². The van der Waals surface area contributed by atoms with Crippen LogP contribution in [0.3, 0.4) is 0 Å². The molecule has 0 amide bonds. The summed E-state index contributed by atoms with van der Waals surface area (Å²) in [5.41, 5.74) is 6.60. The largest absolute Gasteiger partial charge is 0.385 e. The number of anilines is 2. The Labute approximate surface area is 77.9 Å². The van der Waals surface area contributed by atoms with Crippen molar-refractivity contribution < 1.29 is 4.74 Å². The highest BCUT2D eigenvalue weighted by Gasteiger charge is 2.05. The molecule has 1 aromatic rings. The zero-order valence-corrected chi connectivity index (χ0v) is 8.08. The summed E-state index contributed by atoms with van der Waals surface area (Å²) >= 11 is 0. The molecular weight excluding hydrogens is 168 g/mol. The molecule has 0 fully saturated rings. The van der Waals surface area contributed by atoms with Crippen LogP contribution in [0.5, 0.6) is 0 Å². The maximum absolute atomic E-state index is 5.65. The van der Waals surface area contributed by atoms with Gasteiger partial charge in [-0.25, -0.2) is 0 Å². The first-order valence-electron chi connectivity index (χ1n) is 4.24. The van der Waals surface area contributed by atoms with Crippen LogP contribution < -0.4 is 10.6 Å². The Balaban J connectivity index is 2.39. The van der Waals surface area contributed by atoms with Crippen LogP contribution in [-0.4, -0.2) is 37.5 Å². The molecule has 1 heterocycles. The Morgan fingerprint density at radius 1 is 1.69 bits per heavy atom. The summed E-state index contributed by atoms with van der Waals surface area (Å²) in [5, 5.41) is 6.54. The van der Waals surface area contributed by atoms with Crippen LogP contribution >= 0.6 is 0 Å². The number of aromatic nitrogens is 2. The lowest BCUT2D eigenvalue weighted by atomic mass is 10.4. The number of hydrogen-bond acceptors (Lipinski definition) is 4. The molecule has 0 aliphatic rings.